The smallest absolute Gasteiger partial charge is 0.155 e. The van der Waals surface area contributed by atoms with Crippen LogP contribution in [0, 0.1) is 0 Å². The number of allylic oxidation sites excluding steroid dienone is 4. The maximum absolute atomic E-state index is 11.0. The van der Waals surface area contributed by atoms with Crippen LogP contribution < -0.4 is 0 Å². The van der Waals surface area contributed by atoms with Gasteiger partial charge in [0.2, 0.25) is 0 Å². The molecule has 0 aromatic carbocycles. The molecule has 0 heterocycles. The molecule has 13 heavy (non-hydrogen) atoms. The lowest BCUT2D eigenvalue weighted by Gasteiger charge is -1.97. The van der Waals surface area contributed by atoms with Crippen molar-refractivity contribution in [3.8, 4) is 0 Å². The van der Waals surface area contributed by atoms with Gasteiger partial charge in [0.25, 0.3) is 0 Å². The van der Waals surface area contributed by atoms with E-state index in [1.807, 2.05) is 13.8 Å². The van der Waals surface area contributed by atoms with E-state index in [2.05, 4.69) is 19.9 Å². The fourth-order valence-corrected chi connectivity index (χ4v) is 1.04. The first-order chi connectivity index (χ1) is 6.06. The van der Waals surface area contributed by atoms with Gasteiger partial charge in [0.15, 0.2) is 5.78 Å². The molecule has 0 saturated heterocycles. The van der Waals surface area contributed by atoms with Gasteiger partial charge in [0.05, 0.1) is 0 Å². The van der Waals surface area contributed by atoms with Gasteiger partial charge in [-0.3, -0.25) is 4.79 Å². The Balaban J connectivity index is 3.87. The van der Waals surface area contributed by atoms with E-state index >= 15 is 0 Å². The fourth-order valence-electron chi connectivity index (χ4n) is 1.04. The van der Waals surface area contributed by atoms with E-state index in [0.717, 1.165) is 12.8 Å². The van der Waals surface area contributed by atoms with Crippen LogP contribution in [0.2, 0.25) is 0 Å². The molecule has 0 bridgehead atoms. The van der Waals surface area contributed by atoms with E-state index in [0.29, 0.717) is 6.42 Å². The Morgan fingerprint density at radius 1 is 1.23 bits per heavy atom. The van der Waals surface area contributed by atoms with Crippen LogP contribution in [0.3, 0.4) is 0 Å². The second kappa shape index (κ2) is 6.64. The molecule has 0 atom stereocenters. The van der Waals surface area contributed by atoms with Crippen LogP contribution >= 0.6 is 0 Å². The maximum Gasteiger partial charge on any atom is 0.155 e. The number of carbonyl (C=O) groups excluding carboxylic acids is 1. The third kappa shape index (κ3) is 7.51. The summed E-state index contributed by atoms with van der Waals surface area (Å²) >= 11 is 0. The molecule has 0 amide bonds. The van der Waals surface area contributed by atoms with E-state index < -0.39 is 0 Å². The van der Waals surface area contributed by atoms with Crippen LogP contribution in [0.15, 0.2) is 23.3 Å². The van der Waals surface area contributed by atoms with Crippen molar-refractivity contribution in [3.05, 3.63) is 23.3 Å². The number of rotatable bonds is 5. The molecular weight excluding hydrogens is 160 g/mol. The number of carbonyl (C=O) groups is 1. The van der Waals surface area contributed by atoms with Crippen LogP contribution in [0.4, 0.5) is 0 Å². The largest absolute Gasteiger partial charge is 0.295 e. The Morgan fingerprint density at radius 3 is 2.31 bits per heavy atom. The van der Waals surface area contributed by atoms with E-state index in [1.165, 1.54) is 11.1 Å². The van der Waals surface area contributed by atoms with Crippen molar-refractivity contribution in [1.29, 1.82) is 0 Å². The summed E-state index contributed by atoms with van der Waals surface area (Å²) in [5, 5.41) is 0. The van der Waals surface area contributed by atoms with Crippen LogP contribution in [0.25, 0.3) is 0 Å². The molecule has 0 radical (unpaired) electrons. The SMILES string of the molecule is CCC(=O)/C=C(/C)CCC=C(C)C. The second-order valence-electron chi connectivity index (χ2n) is 3.63. The van der Waals surface area contributed by atoms with E-state index in [9.17, 15) is 4.79 Å². The van der Waals surface area contributed by atoms with Crippen molar-refractivity contribution < 1.29 is 4.79 Å². The topological polar surface area (TPSA) is 17.1 Å². The molecule has 74 valence electrons. The minimum absolute atomic E-state index is 0.231. The Bertz CT molecular complexity index is 217. The molecule has 0 aliphatic heterocycles. The predicted molar refractivity (Wildman–Crippen MR) is 57.7 cm³/mol. The Morgan fingerprint density at radius 2 is 1.85 bits per heavy atom. The molecule has 0 aliphatic rings. The van der Waals surface area contributed by atoms with Crippen LogP contribution in [0.5, 0.6) is 0 Å². The molecular formula is C12H20O. The molecule has 0 N–H and O–H groups in total. The first kappa shape index (κ1) is 12.2. The summed E-state index contributed by atoms with van der Waals surface area (Å²) in [6.07, 6.45) is 6.62. The quantitative estimate of drug-likeness (QED) is 0.466. The summed E-state index contributed by atoms with van der Waals surface area (Å²) in [4.78, 5) is 11.0. The van der Waals surface area contributed by atoms with Crippen LogP contribution in [-0.2, 0) is 4.79 Å². The van der Waals surface area contributed by atoms with Gasteiger partial charge in [-0.05, 0) is 39.7 Å². The van der Waals surface area contributed by atoms with Crippen molar-refractivity contribution >= 4 is 5.78 Å². The van der Waals surface area contributed by atoms with Crippen molar-refractivity contribution in [2.45, 2.75) is 47.0 Å². The minimum Gasteiger partial charge on any atom is -0.295 e. The lowest BCUT2D eigenvalue weighted by atomic mass is 10.1. The van der Waals surface area contributed by atoms with Crippen molar-refractivity contribution in [2.24, 2.45) is 0 Å². The minimum atomic E-state index is 0.231. The number of ketones is 1. The molecule has 0 spiro atoms. The second-order valence-corrected chi connectivity index (χ2v) is 3.63. The van der Waals surface area contributed by atoms with Gasteiger partial charge in [-0.15, -0.1) is 0 Å². The van der Waals surface area contributed by atoms with Gasteiger partial charge in [-0.25, -0.2) is 0 Å². The van der Waals surface area contributed by atoms with E-state index in [-0.39, 0.29) is 5.78 Å². The Kier molecular flexibility index (Phi) is 6.21. The summed E-state index contributed by atoms with van der Waals surface area (Å²) in [6, 6.07) is 0. The van der Waals surface area contributed by atoms with Gasteiger partial charge in [0.1, 0.15) is 0 Å². The zero-order valence-corrected chi connectivity index (χ0v) is 9.18. The molecule has 0 rings (SSSR count). The van der Waals surface area contributed by atoms with Gasteiger partial charge < -0.3 is 0 Å². The molecule has 0 aliphatic carbocycles. The molecule has 0 fully saturated rings. The molecule has 0 saturated carbocycles. The lowest BCUT2D eigenvalue weighted by Crippen LogP contribution is -1.90. The fraction of sp³-hybridized carbons (Fsp3) is 0.583. The zero-order chi connectivity index (χ0) is 10.3. The lowest BCUT2D eigenvalue weighted by molar-refractivity contribution is -0.114. The summed E-state index contributed by atoms with van der Waals surface area (Å²) in [7, 11) is 0. The van der Waals surface area contributed by atoms with Gasteiger partial charge in [-0.1, -0.05) is 24.1 Å². The first-order valence-electron chi connectivity index (χ1n) is 4.89. The maximum atomic E-state index is 11.0. The number of hydrogen-bond donors (Lipinski definition) is 0. The summed E-state index contributed by atoms with van der Waals surface area (Å²) in [5.74, 6) is 0.231. The molecule has 0 aromatic heterocycles. The molecule has 0 aromatic rings. The van der Waals surface area contributed by atoms with Crippen molar-refractivity contribution in [1.82, 2.24) is 0 Å². The molecule has 1 nitrogen and oxygen atoms in total. The van der Waals surface area contributed by atoms with Gasteiger partial charge >= 0.3 is 0 Å². The average Bonchev–Trinajstić information content (AvgIpc) is 2.03. The monoisotopic (exact) mass is 180 g/mol. The van der Waals surface area contributed by atoms with E-state index in [4.69, 9.17) is 0 Å². The first-order valence-corrected chi connectivity index (χ1v) is 4.89. The van der Waals surface area contributed by atoms with E-state index in [1.54, 1.807) is 6.08 Å². The number of hydrogen-bond acceptors (Lipinski definition) is 1. The highest BCUT2D eigenvalue weighted by molar-refractivity contribution is 5.89. The third-order valence-corrected chi connectivity index (χ3v) is 1.85. The third-order valence-electron chi connectivity index (χ3n) is 1.85. The summed E-state index contributed by atoms with van der Waals surface area (Å²) in [5.41, 5.74) is 2.53. The van der Waals surface area contributed by atoms with Crippen LogP contribution in [-0.4, -0.2) is 5.78 Å². The summed E-state index contributed by atoms with van der Waals surface area (Å²) < 4.78 is 0. The van der Waals surface area contributed by atoms with Gasteiger partial charge in [0, 0.05) is 6.42 Å². The summed E-state index contributed by atoms with van der Waals surface area (Å²) in [6.45, 7) is 8.10. The standard InChI is InChI=1S/C12H20O/c1-5-12(13)9-11(4)8-6-7-10(2)3/h7,9H,5-6,8H2,1-4H3/b11-9-. The normalized spacial score (nSPS) is 11.2. The Labute approximate surface area is 81.5 Å². The van der Waals surface area contributed by atoms with Gasteiger partial charge in [-0.2, -0.15) is 0 Å². The Hall–Kier alpha value is -0.850. The predicted octanol–water partition coefficient (Wildman–Crippen LogP) is 3.66. The highest BCUT2D eigenvalue weighted by atomic mass is 16.1. The molecule has 0 unspecified atom stereocenters. The van der Waals surface area contributed by atoms with Crippen molar-refractivity contribution in [3.63, 3.8) is 0 Å². The highest BCUT2D eigenvalue weighted by Crippen LogP contribution is 2.06. The average molecular weight is 180 g/mol. The van der Waals surface area contributed by atoms with Crippen LogP contribution in [0.1, 0.15) is 47.0 Å². The molecule has 1 heteroatoms. The zero-order valence-electron chi connectivity index (χ0n) is 9.18. The van der Waals surface area contributed by atoms with Crippen molar-refractivity contribution in [2.75, 3.05) is 0 Å². The highest BCUT2D eigenvalue weighted by Gasteiger charge is 1.94.